The van der Waals surface area contributed by atoms with Gasteiger partial charge in [-0.1, -0.05) is 23.7 Å². The van der Waals surface area contributed by atoms with E-state index in [1.807, 2.05) is 0 Å². The lowest BCUT2D eigenvalue weighted by Gasteiger charge is -2.38. The molecule has 1 aromatic rings. The molecule has 136 valence electrons. The number of hydrogen-bond acceptors (Lipinski definition) is 3. The molecule has 1 saturated heterocycles. The summed E-state index contributed by atoms with van der Waals surface area (Å²) in [5.41, 5.74) is -0.136. The highest BCUT2D eigenvalue weighted by atomic mass is 35.5. The number of carboxylic acid groups (broad SMARTS) is 1. The lowest BCUT2D eigenvalue weighted by molar-refractivity contribution is -0.153. The molecule has 1 aromatic carbocycles. The maximum absolute atomic E-state index is 12.7. The van der Waals surface area contributed by atoms with E-state index in [2.05, 4.69) is 5.32 Å². The second kappa shape index (κ2) is 7.87. The molecule has 0 aromatic heterocycles. The van der Waals surface area contributed by atoms with E-state index in [0.717, 1.165) is 5.56 Å². The number of amides is 2. The number of nitrogens with one attached hydrogen (secondary N) is 1. The van der Waals surface area contributed by atoms with Crippen molar-refractivity contribution in [2.24, 2.45) is 5.41 Å². The van der Waals surface area contributed by atoms with E-state index in [4.69, 9.17) is 11.6 Å². The third kappa shape index (κ3) is 4.95. The van der Waals surface area contributed by atoms with Gasteiger partial charge >= 0.3 is 5.97 Å². The van der Waals surface area contributed by atoms with E-state index >= 15 is 0 Å². The third-order valence-electron chi connectivity index (χ3n) is 4.59. The number of nitrogens with zero attached hydrogens (tertiary/aromatic N) is 1. The van der Waals surface area contributed by atoms with Gasteiger partial charge in [0.25, 0.3) is 0 Å². The quantitative estimate of drug-likeness (QED) is 0.838. The molecule has 2 amide bonds. The van der Waals surface area contributed by atoms with Crippen LogP contribution >= 0.6 is 11.6 Å². The Morgan fingerprint density at radius 1 is 1.32 bits per heavy atom. The molecule has 2 N–H and O–H groups in total. The first-order chi connectivity index (χ1) is 11.7. The molecule has 0 spiro atoms. The number of likely N-dealkylation sites (tertiary alicyclic amines) is 1. The average Bonchev–Trinajstić information content (AvgIpc) is 2.54. The number of carboxylic acids is 1. The molecule has 6 nitrogen and oxygen atoms in total. The molecule has 0 saturated carbocycles. The molecule has 0 radical (unpaired) electrons. The summed E-state index contributed by atoms with van der Waals surface area (Å²) in [6.07, 6.45) is 1.29. The Kier molecular flexibility index (Phi) is 6.06. The topological polar surface area (TPSA) is 86.7 Å². The number of aliphatic carboxylic acids is 1. The van der Waals surface area contributed by atoms with Crippen molar-refractivity contribution in [3.63, 3.8) is 0 Å². The monoisotopic (exact) mass is 366 g/mol. The number of hydrogen-bond donors (Lipinski definition) is 2. The van der Waals surface area contributed by atoms with Crippen LogP contribution in [0.4, 0.5) is 0 Å². The van der Waals surface area contributed by atoms with Gasteiger partial charge in [-0.3, -0.25) is 14.4 Å². The van der Waals surface area contributed by atoms with Crippen LogP contribution < -0.4 is 5.32 Å². The minimum absolute atomic E-state index is 0.0803. The second-order valence-corrected chi connectivity index (χ2v) is 7.23. The normalized spacial score (nSPS) is 21.5. The molecular formula is C18H23ClN2O4. The number of carbonyl (C=O) groups is 3. The number of halogens is 1. The highest BCUT2D eigenvalue weighted by Gasteiger charge is 2.39. The molecule has 1 aliphatic heterocycles. The summed E-state index contributed by atoms with van der Waals surface area (Å²) in [5.74, 6) is -1.29. The Balaban J connectivity index is 2.12. The largest absolute Gasteiger partial charge is 0.481 e. The zero-order valence-electron chi connectivity index (χ0n) is 14.4. The molecule has 25 heavy (non-hydrogen) atoms. The minimum Gasteiger partial charge on any atom is -0.481 e. The number of carbonyl (C=O) groups excluding carboxylic acids is 2. The van der Waals surface area contributed by atoms with Gasteiger partial charge in [0.05, 0.1) is 17.9 Å². The summed E-state index contributed by atoms with van der Waals surface area (Å²) in [5, 5.41) is 12.8. The highest BCUT2D eigenvalue weighted by Crippen LogP contribution is 2.31. The van der Waals surface area contributed by atoms with Gasteiger partial charge < -0.3 is 15.3 Å². The molecule has 2 atom stereocenters. The van der Waals surface area contributed by atoms with Crippen molar-refractivity contribution in [3.05, 3.63) is 34.9 Å². The summed E-state index contributed by atoms with van der Waals surface area (Å²) in [7, 11) is 0. The summed E-state index contributed by atoms with van der Waals surface area (Å²) < 4.78 is 0. The second-order valence-electron chi connectivity index (χ2n) is 6.79. The number of piperidine rings is 1. The van der Waals surface area contributed by atoms with Crippen LogP contribution in [0.15, 0.2) is 24.3 Å². The molecule has 1 aliphatic rings. The molecule has 1 fully saturated rings. The fourth-order valence-electron chi connectivity index (χ4n) is 3.12. The fraction of sp³-hybridized carbons (Fsp3) is 0.500. The standard InChI is InChI=1S/C18H23ClN2O4/c1-12(22)20-15(13-4-6-14(19)7-5-13)10-16(23)21-9-3-8-18(2,11-21)17(24)25/h4-7,15H,3,8-11H2,1-2H3,(H,20,22)(H,24,25). The van der Waals surface area contributed by atoms with E-state index in [9.17, 15) is 19.5 Å². The molecule has 0 aliphatic carbocycles. The molecule has 7 heteroatoms. The molecular weight excluding hydrogens is 344 g/mol. The molecule has 1 heterocycles. The van der Waals surface area contributed by atoms with Gasteiger partial charge in [-0.25, -0.2) is 0 Å². The summed E-state index contributed by atoms with van der Waals surface area (Å²) in [6, 6.07) is 6.49. The van der Waals surface area contributed by atoms with Crippen LogP contribution in [0.2, 0.25) is 5.02 Å². The van der Waals surface area contributed by atoms with E-state index in [-0.39, 0.29) is 24.8 Å². The zero-order valence-corrected chi connectivity index (χ0v) is 15.2. The lowest BCUT2D eigenvalue weighted by Crippen LogP contribution is -2.49. The fourth-order valence-corrected chi connectivity index (χ4v) is 3.25. The SMILES string of the molecule is CC(=O)NC(CC(=O)N1CCCC(C)(C(=O)O)C1)c1ccc(Cl)cc1. The van der Waals surface area contributed by atoms with Crippen molar-refractivity contribution in [2.45, 2.75) is 39.2 Å². The van der Waals surface area contributed by atoms with Crippen molar-refractivity contribution in [3.8, 4) is 0 Å². The Morgan fingerprint density at radius 2 is 1.96 bits per heavy atom. The van der Waals surface area contributed by atoms with E-state index < -0.39 is 17.4 Å². The Morgan fingerprint density at radius 3 is 2.52 bits per heavy atom. The molecule has 0 bridgehead atoms. The maximum atomic E-state index is 12.7. The van der Waals surface area contributed by atoms with E-state index in [1.54, 1.807) is 36.1 Å². The van der Waals surface area contributed by atoms with Crippen molar-refractivity contribution in [2.75, 3.05) is 13.1 Å². The molecule has 2 rings (SSSR count). The van der Waals surface area contributed by atoms with Gasteiger partial charge in [0.2, 0.25) is 11.8 Å². The minimum atomic E-state index is -0.919. The van der Waals surface area contributed by atoms with Gasteiger partial charge in [-0.05, 0) is 37.5 Å². The van der Waals surface area contributed by atoms with Crippen molar-refractivity contribution in [1.29, 1.82) is 0 Å². The van der Waals surface area contributed by atoms with Crippen LogP contribution in [0.25, 0.3) is 0 Å². The summed E-state index contributed by atoms with van der Waals surface area (Å²) in [4.78, 5) is 37.2. The Hall–Kier alpha value is -2.08. The van der Waals surface area contributed by atoms with Gasteiger partial charge in [0.1, 0.15) is 0 Å². The Bertz CT molecular complexity index is 662. The first-order valence-corrected chi connectivity index (χ1v) is 8.63. The number of benzene rings is 1. The van der Waals surface area contributed by atoms with E-state index in [1.165, 1.54) is 6.92 Å². The van der Waals surface area contributed by atoms with Crippen LogP contribution in [-0.2, 0) is 14.4 Å². The lowest BCUT2D eigenvalue weighted by atomic mass is 9.82. The third-order valence-corrected chi connectivity index (χ3v) is 4.85. The number of rotatable bonds is 5. The van der Waals surface area contributed by atoms with Crippen molar-refractivity contribution >= 4 is 29.4 Å². The van der Waals surface area contributed by atoms with Gasteiger partial charge in [-0.15, -0.1) is 0 Å². The predicted molar refractivity (Wildman–Crippen MR) is 94.2 cm³/mol. The smallest absolute Gasteiger partial charge is 0.311 e. The van der Waals surface area contributed by atoms with Crippen molar-refractivity contribution < 1.29 is 19.5 Å². The van der Waals surface area contributed by atoms with Gasteiger partial charge in [0.15, 0.2) is 0 Å². The zero-order chi connectivity index (χ0) is 18.6. The van der Waals surface area contributed by atoms with Gasteiger partial charge in [-0.2, -0.15) is 0 Å². The Labute approximate surface area is 152 Å². The van der Waals surface area contributed by atoms with Crippen molar-refractivity contribution in [1.82, 2.24) is 10.2 Å². The van der Waals surface area contributed by atoms with Gasteiger partial charge in [0, 0.05) is 25.0 Å². The van der Waals surface area contributed by atoms with Crippen LogP contribution in [0.5, 0.6) is 0 Å². The van der Waals surface area contributed by atoms with Crippen LogP contribution in [0.1, 0.15) is 44.7 Å². The first kappa shape index (κ1) is 19.2. The summed E-state index contributed by atoms with van der Waals surface area (Å²) in [6.45, 7) is 3.79. The van der Waals surface area contributed by atoms with E-state index in [0.29, 0.717) is 24.4 Å². The van der Waals surface area contributed by atoms with Crippen LogP contribution in [0.3, 0.4) is 0 Å². The highest BCUT2D eigenvalue weighted by molar-refractivity contribution is 6.30. The summed E-state index contributed by atoms with van der Waals surface area (Å²) >= 11 is 5.89. The predicted octanol–water partition coefficient (Wildman–Crippen LogP) is 2.62. The van der Waals surface area contributed by atoms with Crippen LogP contribution in [0, 0.1) is 5.41 Å². The van der Waals surface area contributed by atoms with Crippen LogP contribution in [-0.4, -0.2) is 40.9 Å². The first-order valence-electron chi connectivity index (χ1n) is 8.25. The molecule has 2 unspecified atom stereocenters. The average molecular weight is 367 g/mol. The maximum Gasteiger partial charge on any atom is 0.311 e.